The fraction of sp³-hybridized carbons (Fsp3) is 0.519. The quantitative estimate of drug-likeness (QED) is 0.398. The van der Waals surface area contributed by atoms with Gasteiger partial charge >= 0.3 is 0 Å². The number of likely N-dealkylation sites (N-methyl/N-ethyl adjacent to an activating group) is 1. The number of hydrogen-bond acceptors (Lipinski definition) is 7. The van der Waals surface area contributed by atoms with Crippen molar-refractivity contribution < 1.29 is 19.1 Å². The second-order valence-electron chi connectivity index (χ2n) is 9.59. The summed E-state index contributed by atoms with van der Waals surface area (Å²) in [5.74, 6) is -1.29. The van der Waals surface area contributed by atoms with E-state index in [0.29, 0.717) is 18.9 Å². The lowest BCUT2D eigenvalue weighted by Crippen LogP contribution is -2.63. The van der Waals surface area contributed by atoms with E-state index in [1.807, 2.05) is 25.1 Å². The van der Waals surface area contributed by atoms with Gasteiger partial charge in [-0.3, -0.25) is 9.69 Å². The van der Waals surface area contributed by atoms with Crippen LogP contribution in [0.3, 0.4) is 0 Å². The van der Waals surface area contributed by atoms with E-state index in [4.69, 9.17) is 4.98 Å². The highest BCUT2D eigenvalue weighted by Gasteiger charge is 2.34. The maximum absolute atomic E-state index is 14.2. The minimum atomic E-state index is -1.00. The number of carbonyl (C=O) groups is 2. The number of piperazine rings is 1. The molecule has 1 N–H and O–H groups in total. The van der Waals surface area contributed by atoms with Crippen molar-refractivity contribution in [1.82, 2.24) is 19.7 Å². The molecule has 2 aliphatic heterocycles. The molecule has 1 aromatic carbocycles. The number of nitrogens with zero attached hydrogens (tertiary/aromatic N) is 5. The predicted octanol–water partition coefficient (Wildman–Crippen LogP) is 2.16. The van der Waals surface area contributed by atoms with Crippen molar-refractivity contribution in [1.29, 1.82) is 0 Å². The number of benzene rings is 1. The molecule has 0 aliphatic carbocycles. The van der Waals surface area contributed by atoms with Crippen LogP contribution in [0.15, 0.2) is 36.4 Å². The van der Waals surface area contributed by atoms with E-state index >= 15 is 0 Å². The number of rotatable bonds is 10. The van der Waals surface area contributed by atoms with Crippen molar-refractivity contribution in [2.75, 3.05) is 57.3 Å². The summed E-state index contributed by atoms with van der Waals surface area (Å²) in [6.07, 6.45) is 0.516. The van der Waals surface area contributed by atoms with E-state index in [2.05, 4.69) is 21.6 Å². The number of hydrogen-bond donors (Lipinski definition) is 1. The van der Waals surface area contributed by atoms with E-state index in [0.717, 1.165) is 63.4 Å². The van der Waals surface area contributed by atoms with Gasteiger partial charge in [0.25, 0.3) is 0 Å². The molecule has 0 bridgehead atoms. The molecule has 2 fully saturated rings. The third kappa shape index (κ3) is 6.02. The average Bonchev–Trinajstić information content (AvgIpc) is 2.86. The molecule has 8 nitrogen and oxygen atoms in total. The Morgan fingerprint density at radius 3 is 2.58 bits per heavy atom. The summed E-state index contributed by atoms with van der Waals surface area (Å²) >= 11 is 0. The van der Waals surface area contributed by atoms with Gasteiger partial charge in [-0.25, -0.2) is 9.37 Å². The van der Waals surface area contributed by atoms with Gasteiger partial charge in [0.05, 0.1) is 18.2 Å². The summed E-state index contributed by atoms with van der Waals surface area (Å²) < 4.78 is 14.2. The van der Waals surface area contributed by atoms with Crippen molar-refractivity contribution in [3.63, 3.8) is 0 Å². The Balaban J connectivity index is 1.35. The summed E-state index contributed by atoms with van der Waals surface area (Å²) in [7, 11) is 0. The molecule has 0 spiro atoms. The highest BCUT2D eigenvalue weighted by Crippen LogP contribution is 2.24. The van der Waals surface area contributed by atoms with Gasteiger partial charge in [0, 0.05) is 57.9 Å². The van der Waals surface area contributed by atoms with Gasteiger partial charge in [-0.05, 0) is 43.7 Å². The van der Waals surface area contributed by atoms with Crippen LogP contribution < -0.4 is 4.90 Å². The molecule has 2 aliphatic rings. The topological polar surface area (TPSA) is 80.2 Å². The molecule has 3 heterocycles. The number of aromatic nitrogens is 1. The van der Waals surface area contributed by atoms with E-state index in [-0.39, 0.29) is 30.2 Å². The smallest absolute Gasteiger partial charge is 0.233 e. The molecular formula is C27H36FN5O3. The molecule has 194 valence electrons. The molecular weight excluding hydrogens is 461 g/mol. The van der Waals surface area contributed by atoms with Crippen molar-refractivity contribution in [2.45, 2.75) is 32.9 Å². The first kappa shape index (κ1) is 26.0. The number of phenolic OH excluding ortho intramolecular Hbond substituents is 1. The first-order chi connectivity index (χ1) is 17.4. The minimum absolute atomic E-state index is 0.0555. The highest BCUT2D eigenvalue weighted by atomic mass is 19.1. The number of phenols is 1. The van der Waals surface area contributed by atoms with Crippen LogP contribution in [0.4, 0.5) is 10.2 Å². The molecule has 1 unspecified atom stereocenters. The number of aldehydes is 1. The molecule has 36 heavy (non-hydrogen) atoms. The lowest BCUT2D eigenvalue weighted by Gasteiger charge is -2.48. The van der Waals surface area contributed by atoms with Crippen LogP contribution in [0, 0.1) is 11.7 Å². The fourth-order valence-corrected chi connectivity index (χ4v) is 4.96. The summed E-state index contributed by atoms with van der Waals surface area (Å²) in [6.45, 7) is 12.2. The van der Waals surface area contributed by atoms with Crippen LogP contribution in [0.5, 0.6) is 5.75 Å². The van der Waals surface area contributed by atoms with E-state index < -0.39 is 11.7 Å². The molecule has 1 aromatic heterocycles. The third-order valence-electron chi connectivity index (χ3n) is 7.35. The number of amides is 1. The summed E-state index contributed by atoms with van der Waals surface area (Å²) in [4.78, 5) is 38.5. The number of aromatic hydroxyl groups is 1. The Hall–Kier alpha value is -3.04. The zero-order chi connectivity index (χ0) is 25.7. The lowest BCUT2D eigenvalue weighted by molar-refractivity contribution is -0.138. The summed E-state index contributed by atoms with van der Waals surface area (Å²) in [5.41, 5.74) is 0.973. The number of carbonyl (C=O) groups excluding carboxylic acids is 2. The maximum Gasteiger partial charge on any atom is 0.233 e. The minimum Gasteiger partial charge on any atom is -0.508 e. The van der Waals surface area contributed by atoms with Crippen molar-refractivity contribution in [3.05, 3.63) is 53.5 Å². The SMILES string of the molecule is CCN1CCN(C2CN(c3cccc(CN(CC)C(=O)C(C=O)Cc4ccc(O)cc4F)n3)C2)CC1. The first-order valence-corrected chi connectivity index (χ1v) is 12.8. The van der Waals surface area contributed by atoms with Crippen LogP contribution in [0.25, 0.3) is 0 Å². The normalized spacial score (nSPS) is 18.0. The maximum atomic E-state index is 14.2. The van der Waals surface area contributed by atoms with Gasteiger partial charge in [0.15, 0.2) is 0 Å². The van der Waals surface area contributed by atoms with Gasteiger partial charge in [0.1, 0.15) is 23.7 Å². The van der Waals surface area contributed by atoms with Gasteiger partial charge in [-0.2, -0.15) is 0 Å². The number of halogens is 1. The lowest BCUT2D eigenvalue weighted by atomic mass is 9.98. The van der Waals surface area contributed by atoms with Gasteiger partial charge in [-0.15, -0.1) is 0 Å². The molecule has 2 aromatic rings. The molecule has 0 saturated carbocycles. The Labute approximate surface area is 212 Å². The predicted molar refractivity (Wildman–Crippen MR) is 136 cm³/mol. The zero-order valence-electron chi connectivity index (χ0n) is 21.1. The molecule has 2 saturated heterocycles. The largest absolute Gasteiger partial charge is 0.508 e. The summed E-state index contributed by atoms with van der Waals surface area (Å²) in [5, 5.41) is 9.41. The standard InChI is InChI=1S/C27H36FN5O3/c1-3-30-10-12-32(13-11-30)23-17-33(18-23)26-7-5-6-22(29-26)16-31(4-2)27(36)21(19-34)14-20-8-9-24(35)15-25(20)28/h5-9,15,19,21,23,35H,3-4,10-14,16-18H2,1-2H3. The zero-order valence-corrected chi connectivity index (χ0v) is 21.1. The monoisotopic (exact) mass is 497 g/mol. The van der Waals surface area contributed by atoms with Gasteiger partial charge in [-0.1, -0.05) is 19.1 Å². The molecule has 0 radical (unpaired) electrons. The van der Waals surface area contributed by atoms with E-state index in [1.165, 1.54) is 12.1 Å². The first-order valence-electron chi connectivity index (χ1n) is 12.8. The molecule has 1 atom stereocenters. The van der Waals surface area contributed by atoms with Gasteiger partial charge in [0.2, 0.25) is 5.91 Å². The van der Waals surface area contributed by atoms with Crippen LogP contribution in [-0.4, -0.2) is 95.4 Å². The third-order valence-corrected chi connectivity index (χ3v) is 7.35. The second kappa shape index (κ2) is 11.8. The van der Waals surface area contributed by atoms with E-state index in [1.54, 1.807) is 4.90 Å². The molecule has 1 amide bonds. The second-order valence-corrected chi connectivity index (χ2v) is 9.59. The van der Waals surface area contributed by atoms with Gasteiger partial charge < -0.3 is 24.6 Å². The van der Waals surface area contributed by atoms with Crippen LogP contribution >= 0.6 is 0 Å². The van der Waals surface area contributed by atoms with Crippen molar-refractivity contribution in [3.8, 4) is 5.75 Å². The molecule has 4 rings (SSSR count). The fourth-order valence-electron chi connectivity index (χ4n) is 4.96. The number of anilines is 1. The Morgan fingerprint density at radius 2 is 1.94 bits per heavy atom. The van der Waals surface area contributed by atoms with E-state index in [9.17, 15) is 19.1 Å². The Morgan fingerprint density at radius 1 is 1.19 bits per heavy atom. The highest BCUT2D eigenvalue weighted by molar-refractivity contribution is 5.92. The van der Waals surface area contributed by atoms with Crippen molar-refractivity contribution >= 4 is 18.0 Å². The van der Waals surface area contributed by atoms with Crippen LogP contribution in [-0.2, 0) is 22.6 Å². The Bertz CT molecular complexity index is 1050. The number of pyridine rings is 1. The Kier molecular flexibility index (Phi) is 8.53. The van der Waals surface area contributed by atoms with Crippen LogP contribution in [0.1, 0.15) is 25.1 Å². The molecule has 9 heteroatoms. The van der Waals surface area contributed by atoms with Crippen molar-refractivity contribution in [2.24, 2.45) is 5.92 Å². The van der Waals surface area contributed by atoms with Crippen LogP contribution in [0.2, 0.25) is 0 Å². The average molecular weight is 498 g/mol. The summed E-state index contributed by atoms with van der Waals surface area (Å²) in [6, 6.07) is 10.1.